The number of aliphatic hydroxyl groups is 1. The lowest BCUT2D eigenvalue weighted by atomic mass is 9.60. The average Bonchev–Trinajstić information content (AvgIpc) is 2.99. The van der Waals surface area contributed by atoms with E-state index in [2.05, 4.69) is 51.6 Å². The monoisotopic (exact) mass is 385 g/mol. The van der Waals surface area contributed by atoms with Crippen LogP contribution in [-0.2, 0) is 0 Å². The van der Waals surface area contributed by atoms with E-state index in [0.29, 0.717) is 5.41 Å². The third kappa shape index (κ3) is 4.82. The molecule has 0 spiro atoms. The summed E-state index contributed by atoms with van der Waals surface area (Å²) in [7, 11) is 4.37. The van der Waals surface area contributed by atoms with Crippen molar-refractivity contribution >= 4 is 0 Å². The molecule has 3 aliphatic rings. The Morgan fingerprint density at radius 2 is 2.00 bits per heavy atom. The molecule has 0 radical (unpaired) electrons. The highest BCUT2D eigenvalue weighted by atomic mass is 16.3. The molecule has 0 aliphatic heterocycles. The number of aliphatic hydroxyl groups excluding tert-OH is 1. The van der Waals surface area contributed by atoms with Gasteiger partial charge in [-0.2, -0.15) is 0 Å². The SMILES string of the molecule is C=C1CC[C@H](O)C/C1=C/C=C1\CCC[C@]2(C)[C@@H]([C@H](C)CCCN(C)C)CC[C@@H]12. The molecule has 5 atom stereocenters. The first-order valence-electron chi connectivity index (χ1n) is 11.7. The van der Waals surface area contributed by atoms with Gasteiger partial charge in [-0.3, -0.25) is 0 Å². The van der Waals surface area contributed by atoms with Gasteiger partial charge in [0.05, 0.1) is 6.10 Å². The first-order chi connectivity index (χ1) is 13.3. The maximum Gasteiger partial charge on any atom is 0.0583 e. The zero-order chi connectivity index (χ0) is 20.3. The third-order valence-electron chi connectivity index (χ3n) is 8.18. The van der Waals surface area contributed by atoms with E-state index >= 15 is 0 Å². The Kier molecular flexibility index (Phi) is 7.26. The Bertz CT molecular complexity index is 616. The topological polar surface area (TPSA) is 23.5 Å². The number of hydrogen-bond donors (Lipinski definition) is 1. The summed E-state index contributed by atoms with van der Waals surface area (Å²) in [4.78, 5) is 2.32. The molecule has 0 amide bonds. The van der Waals surface area contributed by atoms with Gasteiger partial charge in [-0.05, 0) is 114 Å². The number of hydrogen-bond acceptors (Lipinski definition) is 2. The van der Waals surface area contributed by atoms with Crippen LogP contribution in [-0.4, -0.2) is 36.8 Å². The lowest BCUT2D eigenvalue weighted by molar-refractivity contribution is 0.0926. The van der Waals surface area contributed by atoms with Gasteiger partial charge in [0.25, 0.3) is 0 Å². The van der Waals surface area contributed by atoms with E-state index < -0.39 is 0 Å². The summed E-state index contributed by atoms with van der Waals surface area (Å²) in [6, 6.07) is 0. The molecule has 3 aliphatic carbocycles. The smallest absolute Gasteiger partial charge is 0.0583 e. The van der Waals surface area contributed by atoms with Gasteiger partial charge in [-0.15, -0.1) is 0 Å². The normalized spacial score (nSPS) is 37.6. The van der Waals surface area contributed by atoms with E-state index in [1.165, 1.54) is 62.6 Å². The Balaban J connectivity index is 1.70. The molecule has 158 valence electrons. The van der Waals surface area contributed by atoms with Crippen LogP contribution < -0.4 is 0 Å². The molecule has 1 N–H and O–H groups in total. The zero-order valence-corrected chi connectivity index (χ0v) is 18.8. The highest BCUT2D eigenvalue weighted by molar-refractivity contribution is 5.36. The van der Waals surface area contributed by atoms with Crippen LogP contribution in [0.25, 0.3) is 0 Å². The minimum atomic E-state index is -0.175. The maximum absolute atomic E-state index is 10.0. The van der Waals surface area contributed by atoms with Crippen molar-refractivity contribution < 1.29 is 5.11 Å². The summed E-state index contributed by atoms with van der Waals surface area (Å²) in [5.41, 5.74) is 4.69. The number of allylic oxidation sites excluding steroid dienone is 4. The van der Waals surface area contributed by atoms with Crippen LogP contribution >= 0.6 is 0 Å². The highest BCUT2D eigenvalue weighted by Gasteiger charge is 2.50. The molecule has 2 heteroatoms. The standard InChI is InChI=1S/C26H43NO/c1-19-10-13-23(28)18-22(19)12-11-21-9-6-16-26(3)24(14-15-25(21)26)20(2)8-7-17-27(4)5/h11-12,20,23-25,28H,1,6-10,13-18H2,2-5H3/b21-11+,22-12-/t20-,23+,24-,25+,26-/m1/s1. The third-order valence-corrected chi connectivity index (χ3v) is 8.18. The first kappa shape index (κ1) is 21.8. The lowest BCUT2D eigenvalue weighted by Crippen LogP contribution is -2.36. The van der Waals surface area contributed by atoms with Crippen LogP contribution in [0.5, 0.6) is 0 Å². The molecule has 2 nitrogen and oxygen atoms in total. The van der Waals surface area contributed by atoms with Crippen molar-refractivity contribution in [3.8, 4) is 0 Å². The van der Waals surface area contributed by atoms with Crippen molar-refractivity contribution in [2.45, 2.75) is 84.2 Å². The summed E-state index contributed by atoms with van der Waals surface area (Å²) >= 11 is 0. The zero-order valence-electron chi connectivity index (χ0n) is 18.8. The van der Waals surface area contributed by atoms with Crippen LogP contribution in [0.15, 0.2) is 35.5 Å². The van der Waals surface area contributed by atoms with Gasteiger partial charge < -0.3 is 10.0 Å². The first-order valence-corrected chi connectivity index (χ1v) is 11.7. The van der Waals surface area contributed by atoms with Crippen LogP contribution in [0.2, 0.25) is 0 Å². The number of nitrogens with zero attached hydrogens (tertiary/aromatic N) is 1. The summed E-state index contributed by atoms with van der Waals surface area (Å²) < 4.78 is 0. The van der Waals surface area contributed by atoms with Crippen molar-refractivity contribution in [1.29, 1.82) is 0 Å². The number of rotatable bonds is 6. The summed E-state index contributed by atoms with van der Waals surface area (Å²) in [5.74, 6) is 2.48. The fraction of sp³-hybridized carbons (Fsp3) is 0.769. The van der Waals surface area contributed by atoms with Crippen molar-refractivity contribution in [3.63, 3.8) is 0 Å². The predicted octanol–water partition coefficient (Wildman–Crippen LogP) is 6.13. The maximum atomic E-state index is 10.0. The second-order valence-corrected chi connectivity index (χ2v) is 10.5. The molecule has 0 aromatic heterocycles. The quantitative estimate of drug-likeness (QED) is 0.594. The minimum Gasteiger partial charge on any atom is -0.393 e. The van der Waals surface area contributed by atoms with E-state index in [1.54, 1.807) is 5.57 Å². The Labute approximate surface area is 173 Å². The predicted molar refractivity (Wildman–Crippen MR) is 120 cm³/mol. The fourth-order valence-corrected chi connectivity index (χ4v) is 6.54. The molecule has 3 saturated carbocycles. The van der Waals surface area contributed by atoms with Crippen LogP contribution in [0.4, 0.5) is 0 Å². The molecule has 3 fully saturated rings. The lowest BCUT2D eigenvalue weighted by Gasteiger charge is -2.44. The Morgan fingerprint density at radius 3 is 2.75 bits per heavy atom. The van der Waals surface area contributed by atoms with Gasteiger partial charge in [-0.1, -0.05) is 43.7 Å². The van der Waals surface area contributed by atoms with Crippen molar-refractivity contribution in [1.82, 2.24) is 4.90 Å². The van der Waals surface area contributed by atoms with Gasteiger partial charge >= 0.3 is 0 Å². The summed E-state index contributed by atoms with van der Waals surface area (Å²) in [6.45, 7) is 10.6. The van der Waals surface area contributed by atoms with Crippen LogP contribution in [0, 0.1) is 23.2 Å². The van der Waals surface area contributed by atoms with Crippen LogP contribution in [0.1, 0.15) is 78.1 Å². The van der Waals surface area contributed by atoms with Crippen LogP contribution in [0.3, 0.4) is 0 Å². The van der Waals surface area contributed by atoms with Crippen molar-refractivity contribution in [3.05, 3.63) is 35.5 Å². The van der Waals surface area contributed by atoms with Crippen molar-refractivity contribution in [2.24, 2.45) is 23.2 Å². The van der Waals surface area contributed by atoms with E-state index in [1.807, 2.05) is 0 Å². The van der Waals surface area contributed by atoms with E-state index in [0.717, 1.165) is 37.0 Å². The summed E-state index contributed by atoms with van der Waals surface area (Å²) in [5, 5.41) is 10.0. The minimum absolute atomic E-state index is 0.175. The Hall–Kier alpha value is -0.860. The number of fused-ring (bicyclic) bond motifs is 1. The van der Waals surface area contributed by atoms with Gasteiger partial charge in [0.1, 0.15) is 0 Å². The van der Waals surface area contributed by atoms with Crippen molar-refractivity contribution in [2.75, 3.05) is 20.6 Å². The van der Waals surface area contributed by atoms with Gasteiger partial charge in [0.2, 0.25) is 0 Å². The molecule has 28 heavy (non-hydrogen) atoms. The van der Waals surface area contributed by atoms with E-state index in [-0.39, 0.29) is 6.10 Å². The molecule has 0 saturated heterocycles. The van der Waals surface area contributed by atoms with E-state index in [9.17, 15) is 5.11 Å². The molecule has 0 unspecified atom stereocenters. The molecular formula is C26H43NO. The van der Waals surface area contributed by atoms with Gasteiger partial charge in [0, 0.05) is 0 Å². The highest BCUT2D eigenvalue weighted by Crippen LogP contribution is 2.59. The average molecular weight is 386 g/mol. The second kappa shape index (κ2) is 9.30. The molecule has 0 bridgehead atoms. The molecular weight excluding hydrogens is 342 g/mol. The molecule has 3 rings (SSSR count). The summed E-state index contributed by atoms with van der Waals surface area (Å²) in [6.07, 6.45) is 16.6. The van der Waals surface area contributed by atoms with Gasteiger partial charge in [0.15, 0.2) is 0 Å². The largest absolute Gasteiger partial charge is 0.393 e. The fourth-order valence-electron chi connectivity index (χ4n) is 6.54. The second-order valence-electron chi connectivity index (χ2n) is 10.5. The van der Waals surface area contributed by atoms with E-state index in [4.69, 9.17) is 0 Å². The van der Waals surface area contributed by atoms with Gasteiger partial charge in [-0.25, -0.2) is 0 Å². The molecule has 0 aromatic carbocycles. The molecule has 0 aromatic rings. The Morgan fingerprint density at radius 1 is 1.21 bits per heavy atom. The molecule has 0 heterocycles.